The molecule has 1 unspecified atom stereocenters. The zero-order chi connectivity index (χ0) is 19.3. The second-order valence-corrected chi connectivity index (χ2v) is 7.42. The number of carboxylic acid groups (broad SMARTS) is 1. The molecular weight excluding hydrogens is 360 g/mol. The summed E-state index contributed by atoms with van der Waals surface area (Å²) in [6.07, 6.45) is 0.663. The number of carbonyl (C=O) groups excluding carboxylic acids is 1. The SMILES string of the molecule is CCC(C)NS(=O)(=O)c1ccc(C(=O)NCc2ccc(C(=O)O)o2)cc1. The number of furan rings is 1. The molecule has 140 valence electrons. The summed E-state index contributed by atoms with van der Waals surface area (Å²) in [4.78, 5) is 22.9. The maximum absolute atomic E-state index is 12.2. The Hall–Kier alpha value is -2.65. The predicted octanol–water partition coefficient (Wildman–Crippen LogP) is 1.98. The van der Waals surface area contributed by atoms with Crippen molar-refractivity contribution in [1.29, 1.82) is 0 Å². The van der Waals surface area contributed by atoms with Gasteiger partial charge >= 0.3 is 5.97 Å². The lowest BCUT2D eigenvalue weighted by molar-refractivity contribution is 0.0660. The molecule has 0 radical (unpaired) electrons. The predicted molar refractivity (Wildman–Crippen MR) is 93.4 cm³/mol. The number of amides is 1. The van der Waals surface area contributed by atoms with E-state index in [2.05, 4.69) is 10.0 Å². The summed E-state index contributed by atoms with van der Waals surface area (Å²) < 4.78 is 31.9. The van der Waals surface area contributed by atoms with Gasteiger partial charge in [-0.3, -0.25) is 4.79 Å². The molecule has 3 N–H and O–H groups in total. The highest BCUT2D eigenvalue weighted by atomic mass is 32.2. The first-order chi connectivity index (χ1) is 12.2. The highest BCUT2D eigenvalue weighted by Crippen LogP contribution is 2.12. The quantitative estimate of drug-likeness (QED) is 0.643. The maximum Gasteiger partial charge on any atom is 0.371 e. The number of carboxylic acids is 1. The van der Waals surface area contributed by atoms with Gasteiger partial charge in [0.15, 0.2) is 0 Å². The highest BCUT2D eigenvalue weighted by Gasteiger charge is 2.17. The molecule has 2 rings (SSSR count). The molecule has 0 aliphatic carbocycles. The van der Waals surface area contributed by atoms with E-state index in [0.717, 1.165) is 0 Å². The third-order valence-corrected chi connectivity index (χ3v) is 5.30. The van der Waals surface area contributed by atoms with Crippen molar-refractivity contribution in [2.75, 3.05) is 0 Å². The van der Waals surface area contributed by atoms with Crippen molar-refractivity contribution in [1.82, 2.24) is 10.0 Å². The van der Waals surface area contributed by atoms with E-state index >= 15 is 0 Å². The minimum atomic E-state index is -3.63. The molecule has 0 fully saturated rings. The summed E-state index contributed by atoms with van der Waals surface area (Å²) in [5.74, 6) is -1.53. The van der Waals surface area contributed by atoms with Crippen LogP contribution in [0.15, 0.2) is 45.7 Å². The molecule has 0 bridgehead atoms. The standard InChI is InChI=1S/C17H20N2O6S/c1-3-11(2)19-26(23,24)14-7-4-12(5-8-14)16(20)18-10-13-6-9-15(25-13)17(21)22/h4-9,11,19H,3,10H2,1-2H3,(H,18,20)(H,21,22). The lowest BCUT2D eigenvalue weighted by atomic mass is 10.2. The summed E-state index contributed by atoms with van der Waals surface area (Å²) >= 11 is 0. The van der Waals surface area contributed by atoms with Gasteiger partial charge in [0.05, 0.1) is 11.4 Å². The van der Waals surface area contributed by atoms with Gasteiger partial charge in [-0.2, -0.15) is 0 Å². The molecule has 9 heteroatoms. The number of benzene rings is 1. The molecular formula is C17H20N2O6S. The number of hydrogen-bond donors (Lipinski definition) is 3. The lowest BCUT2D eigenvalue weighted by Crippen LogP contribution is -2.32. The van der Waals surface area contributed by atoms with Crippen molar-refractivity contribution in [2.24, 2.45) is 0 Å². The van der Waals surface area contributed by atoms with Crippen molar-refractivity contribution < 1.29 is 27.5 Å². The van der Waals surface area contributed by atoms with Gasteiger partial charge < -0.3 is 14.8 Å². The normalized spacial score (nSPS) is 12.5. The Bertz CT molecular complexity index is 886. The molecule has 0 spiro atoms. The van der Waals surface area contributed by atoms with E-state index in [0.29, 0.717) is 12.2 Å². The molecule has 0 aliphatic rings. The van der Waals surface area contributed by atoms with Crippen LogP contribution in [0.3, 0.4) is 0 Å². The Morgan fingerprint density at radius 1 is 1.15 bits per heavy atom. The first-order valence-corrected chi connectivity index (χ1v) is 9.44. The molecule has 0 saturated carbocycles. The van der Waals surface area contributed by atoms with Gasteiger partial charge in [0, 0.05) is 11.6 Å². The zero-order valence-corrected chi connectivity index (χ0v) is 15.2. The largest absolute Gasteiger partial charge is 0.475 e. The molecule has 8 nitrogen and oxygen atoms in total. The maximum atomic E-state index is 12.2. The van der Waals surface area contributed by atoms with Gasteiger partial charge in [-0.25, -0.2) is 17.9 Å². The Morgan fingerprint density at radius 3 is 2.35 bits per heavy atom. The van der Waals surface area contributed by atoms with Gasteiger partial charge in [0.1, 0.15) is 5.76 Å². The van der Waals surface area contributed by atoms with Crippen LogP contribution in [0.1, 0.15) is 46.9 Å². The van der Waals surface area contributed by atoms with Crippen LogP contribution in [-0.4, -0.2) is 31.4 Å². The first-order valence-electron chi connectivity index (χ1n) is 7.95. The summed E-state index contributed by atoms with van der Waals surface area (Å²) in [5.41, 5.74) is 0.275. The fourth-order valence-corrected chi connectivity index (χ4v) is 3.39. The summed E-state index contributed by atoms with van der Waals surface area (Å²) in [6.45, 7) is 3.66. The average Bonchev–Trinajstić information content (AvgIpc) is 3.08. The number of hydrogen-bond acceptors (Lipinski definition) is 5. The van der Waals surface area contributed by atoms with Crippen LogP contribution in [0, 0.1) is 0 Å². The third-order valence-electron chi connectivity index (χ3n) is 3.69. The average molecular weight is 380 g/mol. The van der Waals surface area contributed by atoms with Gasteiger partial charge in [-0.1, -0.05) is 6.92 Å². The number of aromatic carboxylic acids is 1. The molecule has 1 heterocycles. The Kier molecular flexibility index (Phi) is 6.17. The van der Waals surface area contributed by atoms with Crippen molar-refractivity contribution in [3.8, 4) is 0 Å². The molecule has 26 heavy (non-hydrogen) atoms. The smallest absolute Gasteiger partial charge is 0.371 e. The lowest BCUT2D eigenvalue weighted by Gasteiger charge is -2.12. The topological polar surface area (TPSA) is 126 Å². The van der Waals surface area contributed by atoms with Gasteiger partial charge in [0.25, 0.3) is 5.91 Å². The Morgan fingerprint density at radius 2 is 1.81 bits per heavy atom. The van der Waals surface area contributed by atoms with Crippen molar-refractivity contribution in [3.05, 3.63) is 53.5 Å². The molecule has 1 atom stereocenters. The summed E-state index contributed by atoms with van der Waals surface area (Å²) in [7, 11) is -3.63. The minimum Gasteiger partial charge on any atom is -0.475 e. The summed E-state index contributed by atoms with van der Waals surface area (Å²) in [5, 5.41) is 11.4. The second-order valence-electron chi connectivity index (χ2n) is 5.71. The highest BCUT2D eigenvalue weighted by molar-refractivity contribution is 7.89. The fraction of sp³-hybridized carbons (Fsp3) is 0.294. The van der Waals surface area contributed by atoms with Crippen LogP contribution in [-0.2, 0) is 16.6 Å². The zero-order valence-electron chi connectivity index (χ0n) is 14.4. The minimum absolute atomic E-state index is 0.0156. The van der Waals surface area contributed by atoms with Crippen LogP contribution in [0.2, 0.25) is 0 Å². The second kappa shape index (κ2) is 8.15. The van der Waals surface area contributed by atoms with Crippen molar-refractivity contribution in [3.63, 3.8) is 0 Å². The van der Waals surface area contributed by atoms with Crippen LogP contribution in [0.4, 0.5) is 0 Å². The number of nitrogens with one attached hydrogen (secondary N) is 2. The van der Waals surface area contributed by atoms with Crippen LogP contribution in [0.25, 0.3) is 0 Å². The Labute approximate surface area is 151 Å². The van der Waals surface area contributed by atoms with E-state index in [-0.39, 0.29) is 28.8 Å². The van der Waals surface area contributed by atoms with Crippen molar-refractivity contribution >= 4 is 21.9 Å². The van der Waals surface area contributed by atoms with E-state index in [4.69, 9.17) is 9.52 Å². The number of carbonyl (C=O) groups is 2. The van der Waals surface area contributed by atoms with Crippen LogP contribution in [0.5, 0.6) is 0 Å². The first kappa shape index (κ1) is 19.7. The van der Waals surface area contributed by atoms with Crippen molar-refractivity contribution in [2.45, 2.75) is 37.8 Å². The monoisotopic (exact) mass is 380 g/mol. The van der Waals surface area contributed by atoms with E-state index in [9.17, 15) is 18.0 Å². The molecule has 1 amide bonds. The van der Waals surface area contributed by atoms with Crippen LogP contribution < -0.4 is 10.0 Å². The fourth-order valence-electron chi connectivity index (χ4n) is 2.06. The van der Waals surface area contributed by atoms with Gasteiger partial charge in [0.2, 0.25) is 15.8 Å². The molecule has 1 aromatic heterocycles. The van der Waals surface area contributed by atoms with Gasteiger partial charge in [-0.05, 0) is 49.7 Å². The molecule has 0 aliphatic heterocycles. The summed E-state index contributed by atoms with van der Waals surface area (Å²) in [6, 6.07) is 8.10. The number of rotatable bonds is 8. The van der Waals surface area contributed by atoms with Crippen LogP contribution >= 0.6 is 0 Å². The van der Waals surface area contributed by atoms with Gasteiger partial charge in [-0.15, -0.1) is 0 Å². The molecule has 2 aromatic rings. The molecule has 1 aromatic carbocycles. The third kappa shape index (κ3) is 4.93. The van der Waals surface area contributed by atoms with E-state index < -0.39 is 21.9 Å². The van der Waals surface area contributed by atoms with E-state index in [1.807, 2.05) is 6.92 Å². The molecule has 0 saturated heterocycles. The number of sulfonamides is 1. The Balaban J connectivity index is 2.00. The van der Waals surface area contributed by atoms with E-state index in [1.54, 1.807) is 6.92 Å². The van der Waals surface area contributed by atoms with E-state index in [1.165, 1.54) is 36.4 Å².